The van der Waals surface area contributed by atoms with Gasteiger partial charge in [0.1, 0.15) is 0 Å². The molecule has 0 bridgehead atoms. The maximum Gasteiger partial charge on any atom is 0.251 e. The molecule has 39 heavy (non-hydrogen) atoms. The number of nitrogens with one attached hydrogen (secondary N) is 1. The third-order valence-corrected chi connectivity index (χ3v) is 9.73. The van der Waals surface area contributed by atoms with Crippen LogP contribution >= 0.6 is 0 Å². The van der Waals surface area contributed by atoms with Crippen LogP contribution in [0.4, 0.5) is 5.69 Å². The van der Waals surface area contributed by atoms with E-state index in [2.05, 4.69) is 22.3 Å². The summed E-state index contributed by atoms with van der Waals surface area (Å²) in [6.45, 7) is 4.78. The second-order valence-corrected chi connectivity index (χ2v) is 13.6. The molecule has 1 aliphatic rings. The van der Waals surface area contributed by atoms with Crippen LogP contribution in [0.5, 0.6) is 0 Å². The van der Waals surface area contributed by atoms with Crippen LogP contribution in [0.25, 0.3) is 6.08 Å². The molecule has 1 N–H and O–H groups in total. The number of carbonyl (C=O) groups is 1. The predicted octanol–water partition coefficient (Wildman–Crippen LogP) is 3.68. The van der Waals surface area contributed by atoms with E-state index < -0.39 is 19.9 Å². The van der Waals surface area contributed by atoms with Gasteiger partial charge < -0.3 is 10.2 Å². The fourth-order valence-electron chi connectivity index (χ4n) is 4.34. The molecule has 10 heteroatoms. The third-order valence-electron chi connectivity index (χ3n) is 6.69. The molecule has 0 unspecified atom stereocenters. The van der Waals surface area contributed by atoms with Gasteiger partial charge in [0.2, 0.25) is 10.0 Å². The van der Waals surface area contributed by atoms with Gasteiger partial charge in [0.15, 0.2) is 9.84 Å². The van der Waals surface area contributed by atoms with Crippen molar-refractivity contribution in [3.63, 3.8) is 0 Å². The molecule has 1 heterocycles. The van der Waals surface area contributed by atoms with Crippen LogP contribution in [0, 0.1) is 0 Å². The first-order valence-electron chi connectivity index (χ1n) is 12.7. The standard InChI is InChI=1S/C29H33N3O5S2/c1-23(22-25-8-12-27(13-9-25)38(2,34)35)29(33)30-26-10-14-28(15-11-26)39(36,37)32-20-18-31(19-21-32)17-16-24-6-4-3-5-7-24/h3-15,22H,16-21H2,1-2H3,(H,30,33). The van der Waals surface area contributed by atoms with Crippen LogP contribution in [0.1, 0.15) is 18.1 Å². The zero-order chi connectivity index (χ0) is 28.0. The molecule has 0 atom stereocenters. The number of hydrogen-bond acceptors (Lipinski definition) is 6. The van der Waals surface area contributed by atoms with Gasteiger partial charge in [0.05, 0.1) is 9.79 Å². The summed E-state index contributed by atoms with van der Waals surface area (Å²) in [6.07, 6.45) is 3.73. The van der Waals surface area contributed by atoms with E-state index in [1.807, 2.05) is 18.2 Å². The number of benzene rings is 3. The Morgan fingerprint density at radius 1 is 0.821 bits per heavy atom. The maximum atomic E-state index is 13.2. The Balaban J connectivity index is 1.31. The van der Waals surface area contributed by atoms with Crippen molar-refractivity contribution in [1.82, 2.24) is 9.21 Å². The number of piperazine rings is 1. The smallest absolute Gasteiger partial charge is 0.251 e. The molecule has 3 aromatic rings. The topological polar surface area (TPSA) is 104 Å². The second kappa shape index (κ2) is 12.3. The van der Waals surface area contributed by atoms with E-state index in [0.29, 0.717) is 43.0 Å². The minimum Gasteiger partial charge on any atom is -0.322 e. The van der Waals surface area contributed by atoms with Crippen molar-refractivity contribution in [2.24, 2.45) is 0 Å². The lowest BCUT2D eigenvalue weighted by atomic mass is 10.1. The van der Waals surface area contributed by atoms with E-state index in [1.54, 1.807) is 37.3 Å². The SMILES string of the molecule is CC(=Cc1ccc(S(C)(=O)=O)cc1)C(=O)Nc1ccc(S(=O)(=O)N2CCN(CCc3ccccc3)CC2)cc1. The average Bonchev–Trinajstić information content (AvgIpc) is 2.93. The normalized spacial score (nSPS) is 15.7. The van der Waals surface area contributed by atoms with Gasteiger partial charge in [-0.05, 0) is 66.9 Å². The summed E-state index contributed by atoms with van der Waals surface area (Å²) in [5.41, 5.74) is 2.86. The molecular formula is C29H33N3O5S2. The number of hydrogen-bond donors (Lipinski definition) is 1. The molecule has 0 aliphatic carbocycles. The summed E-state index contributed by atoms with van der Waals surface area (Å²) in [7, 11) is -6.92. The Hall–Kier alpha value is -3.31. The Morgan fingerprint density at radius 2 is 1.41 bits per heavy atom. The van der Waals surface area contributed by atoms with E-state index in [9.17, 15) is 21.6 Å². The van der Waals surface area contributed by atoms with Gasteiger partial charge in [0, 0.05) is 50.2 Å². The monoisotopic (exact) mass is 567 g/mol. The van der Waals surface area contributed by atoms with Crippen molar-refractivity contribution in [2.45, 2.75) is 23.1 Å². The van der Waals surface area contributed by atoms with E-state index in [0.717, 1.165) is 19.2 Å². The Labute approximate surface area is 230 Å². The minimum atomic E-state index is -3.63. The highest BCUT2D eigenvalue weighted by atomic mass is 32.2. The number of nitrogens with zero attached hydrogens (tertiary/aromatic N) is 2. The Kier molecular flexibility index (Phi) is 9.01. The second-order valence-electron chi connectivity index (χ2n) is 9.63. The van der Waals surface area contributed by atoms with Crippen LogP contribution in [-0.2, 0) is 31.1 Å². The van der Waals surface area contributed by atoms with Crippen LogP contribution in [-0.4, -0.2) is 70.9 Å². The van der Waals surface area contributed by atoms with Crippen LogP contribution < -0.4 is 5.32 Å². The molecular weight excluding hydrogens is 534 g/mol. The van der Waals surface area contributed by atoms with Crippen molar-refractivity contribution in [1.29, 1.82) is 0 Å². The molecule has 1 saturated heterocycles. The first kappa shape index (κ1) is 28.7. The van der Waals surface area contributed by atoms with Gasteiger partial charge in [-0.1, -0.05) is 42.5 Å². The quantitative estimate of drug-likeness (QED) is 0.396. The molecule has 3 aromatic carbocycles. The first-order chi connectivity index (χ1) is 18.5. The van der Waals surface area contributed by atoms with Gasteiger partial charge in [0.25, 0.3) is 5.91 Å². The molecule has 0 saturated carbocycles. The molecule has 0 radical (unpaired) electrons. The largest absolute Gasteiger partial charge is 0.322 e. The van der Waals surface area contributed by atoms with Gasteiger partial charge in [-0.3, -0.25) is 4.79 Å². The molecule has 206 valence electrons. The van der Waals surface area contributed by atoms with E-state index in [-0.39, 0.29) is 15.7 Å². The fraction of sp³-hybridized carbons (Fsp3) is 0.276. The minimum absolute atomic E-state index is 0.191. The van der Waals surface area contributed by atoms with E-state index >= 15 is 0 Å². The van der Waals surface area contributed by atoms with Crippen molar-refractivity contribution in [3.05, 3.63) is 95.6 Å². The summed E-state index contributed by atoms with van der Waals surface area (Å²) >= 11 is 0. The third kappa shape index (κ3) is 7.63. The van der Waals surface area contributed by atoms with E-state index in [1.165, 1.54) is 34.1 Å². The van der Waals surface area contributed by atoms with Gasteiger partial charge in [-0.25, -0.2) is 16.8 Å². The molecule has 1 aliphatic heterocycles. The Morgan fingerprint density at radius 3 is 2.00 bits per heavy atom. The number of rotatable bonds is 9. The molecule has 4 rings (SSSR count). The summed E-state index contributed by atoms with van der Waals surface area (Å²) in [4.78, 5) is 15.3. The lowest BCUT2D eigenvalue weighted by molar-refractivity contribution is -0.112. The number of anilines is 1. The highest BCUT2D eigenvalue weighted by molar-refractivity contribution is 7.90. The van der Waals surface area contributed by atoms with Crippen molar-refractivity contribution < 1.29 is 21.6 Å². The predicted molar refractivity (Wildman–Crippen MR) is 154 cm³/mol. The molecule has 8 nitrogen and oxygen atoms in total. The van der Waals surface area contributed by atoms with Gasteiger partial charge >= 0.3 is 0 Å². The van der Waals surface area contributed by atoms with Crippen LogP contribution in [0.3, 0.4) is 0 Å². The lowest BCUT2D eigenvalue weighted by Gasteiger charge is -2.34. The maximum absolute atomic E-state index is 13.2. The summed E-state index contributed by atoms with van der Waals surface area (Å²) in [5.74, 6) is -0.343. The lowest BCUT2D eigenvalue weighted by Crippen LogP contribution is -2.48. The molecule has 0 aromatic heterocycles. The van der Waals surface area contributed by atoms with Crippen molar-refractivity contribution in [3.8, 4) is 0 Å². The molecule has 1 fully saturated rings. The van der Waals surface area contributed by atoms with Crippen LogP contribution in [0.2, 0.25) is 0 Å². The molecule has 0 spiro atoms. The number of carbonyl (C=O) groups excluding carboxylic acids is 1. The zero-order valence-corrected chi connectivity index (χ0v) is 23.7. The van der Waals surface area contributed by atoms with Crippen molar-refractivity contribution >= 4 is 37.5 Å². The van der Waals surface area contributed by atoms with Gasteiger partial charge in [-0.2, -0.15) is 4.31 Å². The van der Waals surface area contributed by atoms with Gasteiger partial charge in [-0.15, -0.1) is 0 Å². The first-order valence-corrected chi connectivity index (χ1v) is 16.0. The summed E-state index contributed by atoms with van der Waals surface area (Å²) < 4.78 is 51.1. The summed E-state index contributed by atoms with van der Waals surface area (Å²) in [6, 6.07) is 22.7. The van der Waals surface area contributed by atoms with E-state index in [4.69, 9.17) is 0 Å². The highest BCUT2D eigenvalue weighted by Crippen LogP contribution is 2.21. The zero-order valence-electron chi connectivity index (χ0n) is 22.1. The van der Waals surface area contributed by atoms with Crippen molar-refractivity contribution in [2.75, 3.05) is 44.3 Å². The highest BCUT2D eigenvalue weighted by Gasteiger charge is 2.28. The average molecular weight is 568 g/mol. The number of sulfonamides is 1. The Bertz CT molecular complexity index is 1530. The number of sulfone groups is 1. The number of amides is 1. The summed E-state index contributed by atoms with van der Waals surface area (Å²) in [5, 5.41) is 2.77. The molecule has 1 amide bonds. The fourth-order valence-corrected chi connectivity index (χ4v) is 6.39. The van der Waals surface area contributed by atoms with Crippen LogP contribution in [0.15, 0.2) is 94.2 Å².